The summed E-state index contributed by atoms with van der Waals surface area (Å²) in [5.74, 6) is 1.10. The standard InChI is InChI=1S/C28H23N3O6S/c1-34-19-10-8-18(9-11-19)29-28-31(30-26(32)21-13-12-20(35-2)15-25(21)36-3)23(16-38-28)22-14-17-6-4-5-7-24(17)37-27(22)33/h4-16H,1-3H3,(H,30,32). The third-order valence-corrected chi connectivity index (χ3v) is 6.62. The average molecular weight is 530 g/mol. The lowest BCUT2D eigenvalue weighted by Gasteiger charge is -2.13. The molecule has 0 atom stereocenters. The Morgan fingerprint density at radius 1 is 0.921 bits per heavy atom. The second kappa shape index (κ2) is 10.7. The third kappa shape index (κ3) is 4.89. The molecule has 0 aliphatic carbocycles. The molecule has 9 nitrogen and oxygen atoms in total. The maximum Gasteiger partial charge on any atom is 0.345 e. The van der Waals surface area contributed by atoms with Crippen molar-refractivity contribution in [3.05, 3.63) is 99.0 Å². The highest BCUT2D eigenvalue weighted by Gasteiger charge is 2.19. The highest BCUT2D eigenvalue weighted by Crippen LogP contribution is 2.26. The van der Waals surface area contributed by atoms with Gasteiger partial charge in [0.05, 0.1) is 43.8 Å². The maximum atomic E-state index is 13.5. The van der Waals surface area contributed by atoms with E-state index in [-0.39, 0.29) is 11.1 Å². The fourth-order valence-electron chi connectivity index (χ4n) is 3.84. The van der Waals surface area contributed by atoms with Crippen LogP contribution in [0.2, 0.25) is 0 Å². The lowest BCUT2D eigenvalue weighted by atomic mass is 10.1. The molecule has 0 spiro atoms. The SMILES string of the molecule is COc1ccc(N=c2scc(-c3cc4ccccc4oc3=O)n2NC(=O)c2ccc(OC)cc2OC)cc1. The molecular weight excluding hydrogens is 506 g/mol. The Hall–Kier alpha value is -4.83. The minimum atomic E-state index is -0.539. The number of carbonyl (C=O) groups is 1. The zero-order valence-electron chi connectivity index (χ0n) is 20.8. The molecule has 2 heterocycles. The van der Waals surface area contributed by atoms with Gasteiger partial charge < -0.3 is 18.6 Å². The first-order valence-electron chi connectivity index (χ1n) is 11.5. The molecule has 5 aromatic rings. The number of ether oxygens (including phenoxy) is 3. The van der Waals surface area contributed by atoms with E-state index in [1.807, 2.05) is 12.1 Å². The van der Waals surface area contributed by atoms with E-state index in [1.165, 1.54) is 30.2 Å². The van der Waals surface area contributed by atoms with Crippen LogP contribution in [0, 0.1) is 0 Å². The molecule has 192 valence electrons. The van der Waals surface area contributed by atoms with Crippen molar-refractivity contribution < 1.29 is 23.4 Å². The number of carbonyl (C=O) groups excluding carboxylic acids is 1. The Morgan fingerprint density at radius 3 is 2.39 bits per heavy atom. The van der Waals surface area contributed by atoms with Crippen molar-refractivity contribution in [3.63, 3.8) is 0 Å². The van der Waals surface area contributed by atoms with Crippen molar-refractivity contribution in [3.8, 4) is 28.5 Å². The van der Waals surface area contributed by atoms with Gasteiger partial charge in [-0.25, -0.2) is 14.5 Å². The Balaban J connectivity index is 1.65. The van der Waals surface area contributed by atoms with Crippen LogP contribution in [-0.2, 0) is 0 Å². The Bertz CT molecular complexity index is 1750. The monoisotopic (exact) mass is 529 g/mol. The molecular formula is C28H23N3O6S. The van der Waals surface area contributed by atoms with Crippen LogP contribution < -0.4 is 30.1 Å². The molecule has 10 heteroatoms. The van der Waals surface area contributed by atoms with Gasteiger partial charge in [0.1, 0.15) is 22.8 Å². The van der Waals surface area contributed by atoms with E-state index in [4.69, 9.17) is 23.6 Å². The Kier molecular flexibility index (Phi) is 6.96. The van der Waals surface area contributed by atoms with E-state index in [0.29, 0.717) is 39.0 Å². The lowest BCUT2D eigenvalue weighted by molar-refractivity contribution is 0.100. The zero-order valence-corrected chi connectivity index (χ0v) is 21.6. The van der Waals surface area contributed by atoms with Gasteiger partial charge in [-0.2, -0.15) is 0 Å². The highest BCUT2D eigenvalue weighted by atomic mass is 32.1. The van der Waals surface area contributed by atoms with Crippen LogP contribution in [0.25, 0.3) is 22.2 Å². The molecule has 38 heavy (non-hydrogen) atoms. The molecule has 1 amide bonds. The highest BCUT2D eigenvalue weighted by molar-refractivity contribution is 7.07. The quantitative estimate of drug-likeness (QED) is 0.299. The molecule has 0 unspecified atom stereocenters. The molecule has 2 aromatic heterocycles. The normalized spacial score (nSPS) is 11.4. The third-order valence-electron chi connectivity index (χ3n) is 5.79. The fourth-order valence-corrected chi connectivity index (χ4v) is 4.70. The van der Waals surface area contributed by atoms with Crippen molar-refractivity contribution in [2.45, 2.75) is 0 Å². The number of hydrogen-bond donors (Lipinski definition) is 1. The minimum Gasteiger partial charge on any atom is -0.497 e. The van der Waals surface area contributed by atoms with Gasteiger partial charge in [0.15, 0.2) is 0 Å². The molecule has 0 aliphatic heterocycles. The number of fused-ring (bicyclic) bond motifs is 1. The first kappa shape index (κ1) is 24.8. The summed E-state index contributed by atoms with van der Waals surface area (Å²) >= 11 is 1.26. The van der Waals surface area contributed by atoms with Crippen LogP contribution in [0.3, 0.4) is 0 Å². The van der Waals surface area contributed by atoms with Gasteiger partial charge in [0.2, 0.25) is 4.80 Å². The predicted octanol–water partition coefficient (Wildman–Crippen LogP) is 4.97. The van der Waals surface area contributed by atoms with Crippen LogP contribution in [0.1, 0.15) is 10.4 Å². The van der Waals surface area contributed by atoms with Crippen LogP contribution in [0.15, 0.2) is 92.4 Å². The number of methoxy groups -OCH3 is 3. The molecule has 0 bridgehead atoms. The molecule has 0 fully saturated rings. The van der Waals surface area contributed by atoms with Crippen LogP contribution in [0.4, 0.5) is 5.69 Å². The molecule has 5 rings (SSSR count). The van der Waals surface area contributed by atoms with Crippen molar-refractivity contribution in [1.29, 1.82) is 0 Å². The first-order chi connectivity index (χ1) is 18.5. The summed E-state index contributed by atoms with van der Waals surface area (Å²) in [6, 6.07) is 21.0. The summed E-state index contributed by atoms with van der Waals surface area (Å²) in [5.41, 5.74) is 4.41. The van der Waals surface area contributed by atoms with Gasteiger partial charge >= 0.3 is 5.63 Å². The second-order valence-electron chi connectivity index (χ2n) is 8.04. The number of benzene rings is 3. The number of hydrogen-bond acceptors (Lipinski definition) is 8. The summed E-state index contributed by atoms with van der Waals surface area (Å²) < 4.78 is 22.9. The smallest absolute Gasteiger partial charge is 0.345 e. The number of nitrogens with one attached hydrogen (secondary N) is 1. The van der Waals surface area contributed by atoms with Crippen molar-refractivity contribution in [2.24, 2.45) is 4.99 Å². The summed E-state index contributed by atoms with van der Waals surface area (Å²) in [5, 5.41) is 2.49. The topological polar surface area (TPSA) is 104 Å². The van der Waals surface area contributed by atoms with Gasteiger partial charge in [-0.1, -0.05) is 18.2 Å². The van der Waals surface area contributed by atoms with Crippen LogP contribution >= 0.6 is 11.3 Å². The Labute approximate surface area is 221 Å². The number of thiazole rings is 1. The molecule has 0 radical (unpaired) electrons. The largest absolute Gasteiger partial charge is 0.497 e. The summed E-state index contributed by atoms with van der Waals surface area (Å²) in [6.45, 7) is 0. The number of rotatable bonds is 7. The lowest BCUT2D eigenvalue weighted by Crippen LogP contribution is -2.32. The molecule has 0 aliphatic rings. The van der Waals surface area contributed by atoms with Gasteiger partial charge in [0, 0.05) is 16.8 Å². The van der Waals surface area contributed by atoms with Crippen molar-refractivity contribution >= 4 is 33.9 Å². The minimum absolute atomic E-state index is 0.276. The first-order valence-corrected chi connectivity index (χ1v) is 12.3. The summed E-state index contributed by atoms with van der Waals surface area (Å²) in [6.07, 6.45) is 0. The molecule has 0 saturated heterocycles. The van der Waals surface area contributed by atoms with Crippen LogP contribution in [0.5, 0.6) is 17.2 Å². The molecule has 3 aromatic carbocycles. The Morgan fingerprint density at radius 2 is 1.66 bits per heavy atom. The summed E-state index contributed by atoms with van der Waals surface area (Å²) in [4.78, 5) is 31.6. The maximum absolute atomic E-state index is 13.5. The van der Waals surface area contributed by atoms with Gasteiger partial charge in [0.25, 0.3) is 5.91 Å². The van der Waals surface area contributed by atoms with Crippen molar-refractivity contribution in [2.75, 3.05) is 26.8 Å². The van der Waals surface area contributed by atoms with Crippen molar-refractivity contribution in [1.82, 2.24) is 4.68 Å². The zero-order chi connectivity index (χ0) is 26.6. The second-order valence-corrected chi connectivity index (χ2v) is 8.88. The van der Waals surface area contributed by atoms with E-state index in [0.717, 1.165) is 5.39 Å². The van der Waals surface area contributed by atoms with Crippen LogP contribution in [-0.4, -0.2) is 31.9 Å². The number of para-hydroxylation sites is 1. The van der Waals surface area contributed by atoms with Gasteiger partial charge in [-0.15, -0.1) is 11.3 Å². The molecule has 0 saturated carbocycles. The van der Waals surface area contributed by atoms with Gasteiger partial charge in [-0.3, -0.25) is 10.2 Å². The van der Waals surface area contributed by atoms with E-state index < -0.39 is 11.5 Å². The average Bonchev–Trinajstić information content (AvgIpc) is 3.33. The fraction of sp³-hybridized carbons (Fsp3) is 0.107. The predicted molar refractivity (Wildman–Crippen MR) is 145 cm³/mol. The van der Waals surface area contributed by atoms with Gasteiger partial charge in [-0.05, 0) is 48.5 Å². The molecule has 1 N–H and O–H groups in total. The van der Waals surface area contributed by atoms with E-state index in [2.05, 4.69) is 5.43 Å². The number of amides is 1. The summed E-state index contributed by atoms with van der Waals surface area (Å²) in [7, 11) is 4.59. The number of nitrogens with zero attached hydrogens (tertiary/aromatic N) is 2. The van der Waals surface area contributed by atoms with E-state index >= 15 is 0 Å². The van der Waals surface area contributed by atoms with E-state index in [9.17, 15) is 9.59 Å². The number of aromatic nitrogens is 1. The van der Waals surface area contributed by atoms with E-state index in [1.54, 1.807) is 73.2 Å².